The lowest BCUT2D eigenvalue weighted by molar-refractivity contribution is 0.440. The number of para-hydroxylation sites is 1. The van der Waals surface area contributed by atoms with Crippen LogP contribution >= 0.6 is 0 Å². The van der Waals surface area contributed by atoms with Crippen molar-refractivity contribution in [1.29, 1.82) is 0 Å². The average Bonchev–Trinajstić information content (AvgIpc) is 2.07. The van der Waals surface area contributed by atoms with Crippen LogP contribution in [0.2, 0.25) is 0 Å². The van der Waals surface area contributed by atoms with E-state index in [1.54, 1.807) is 19.0 Å². The van der Waals surface area contributed by atoms with E-state index in [-0.39, 0.29) is 18.1 Å². The summed E-state index contributed by atoms with van der Waals surface area (Å²) in [5.74, 6) is 4.15. The fourth-order valence-electron chi connectivity index (χ4n) is 9.27. The van der Waals surface area contributed by atoms with E-state index in [0.29, 0.717) is 66.6 Å². The molecule has 12 rings (SSSR count). The molecule has 87 heavy (non-hydrogen) atoms. The largest absolute Gasteiger partial charge is 0.424 e. The number of rotatable bonds is 18. The van der Waals surface area contributed by atoms with Crippen molar-refractivity contribution in [1.82, 2.24) is 58.6 Å². The molecule has 12 aromatic rings. The number of aromatic nitrogens is 12. The number of nitrogens with one attached hydrogen (secondary N) is 3. The van der Waals surface area contributed by atoms with E-state index in [4.69, 9.17) is 14.2 Å². The molecule has 444 valence electrons. The van der Waals surface area contributed by atoms with Crippen LogP contribution < -0.4 is 30.2 Å². The molecule has 18 nitrogen and oxygen atoms in total. The molecule has 3 N–H and O–H groups in total. The van der Waals surface area contributed by atoms with Crippen LogP contribution in [-0.4, -0.2) is 58.6 Å². The molecule has 18 heteroatoms. The highest BCUT2D eigenvalue weighted by Gasteiger charge is 2.20. The van der Waals surface area contributed by atoms with Crippen LogP contribution in [-0.2, 0) is 19.6 Å². The van der Waals surface area contributed by atoms with Crippen molar-refractivity contribution in [3.63, 3.8) is 0 Å². The van der Waals surface area contributed by atoms with Gasteiger partial charge in [0.2, 0.25) is 0 Å². The van der Waals surface area contributed by atoms with Crippen molar-refractivity contribution in [3.8, 4) is 35.3 Å². The number of nitrogens with zero attached hydrogens (tertiary/aromatic N) is 12. The van der Waals surface area contributed by atoms with Crippen LogP contribution in [0.4, 0.5) is 17.5 Å². The monoisotopic (exact) mass is 1160 g/mol. The minimum atomic E-state index is 0.228. The minimum absolute atomic E-state index is 0.228. The third-order valence-electron chi connectivity index (χ3n) is 14.3. The molecule has 0 fully saturated rings. The fourth-order valence-corrected chi connectivity index (χ4v) is 9.27. The number of benzene rings is 6. The van der Waals surface area contributed by atoms with Gasteiger partial charge in [-0.1, -0.05) is 138 Å². The quantitative estimate of drug-likeness (QED) is 0.0734. The summed E-state index contributed by atoms with van der Waals surface area (Å²) in [5, 5.41) is 10.2. The Morgan fingerprint density at radius 3 is 1.08 bits per heavy atom. The summed E-state index contributed by atoms with van der Waals surface area (Å²) in [4.78, 5) is 41.4. The number of ether oxygens (including phenoxy) is 3. The first kappa shape index (κ1) is 59.9. The Morgan fingerprint density at radius 1 is 0.356 bits per heavy atom. The summed E-state index contributed by atoms with van der Waals surface area (Å²) in [6.45, 7) is 26.9. The van der Waals surface area contributed by atoms with Crippen molar-refractivity contribution in [2.45, 2.75) is 121 Å². The van der Waals surface area contributed by atoms with Gasteiger partial charge in [0.25, 0.3) is 0 Å². The van der Waals surface area contributed by atoms with Gasteiger partial charge in [-0.3, -0.25) is 0 Å². The molecule has 0 aliphatic rings. The van der Waals surface area contributed by atoms with Crippen LogP contribution in [0.1, 0.15) is 110 Å². The molecule has 6 aromatic carbocycles. The third kappa shape index (κ3) is 15.2. The molecule has 0 radical (unpaired) electrons. The van der Waals surface area contributed by atoms with E-state index in [9.17, 15) is 0 Å². The summed E-state index contributed by atoms with van der Waals surface area (Å²) in [6.07, 6.45) is 5.41. The normalized spacial score (nSPS) is 11.2. The van der Waals surface area contributed by atoms with Gasteiger partial charge in [0.15, 0.2) is 50.9 Å². The zero-order valence-electron chi connectivity index (χ0n) is 51.5. The van der Waals surface area contributed by atoms with E-state index < -0.39 is 0 Å². The number of hydrogen-bond donors (Lipinski definition) is 3. The Morgan fingerprint density at radius 2 is 0.713 bits per heavy atom. The molecule has 0 spiro atoms. The second-order valence-corrected chi connectivity index (χ2v) is 22.5. The van der Waals surface area contributed by atoms with Gasteiger partial charge >= 0.3 is 18.0 Å². The number of imidazole rings is 3. The Bertz CT molecular complexity index is 4250. The lowest BCUT2D eigenvalue weighted by Crippen LogP contribution is -2.06. The molecule has 0 saturated carbocycles. The summed E-state index contributed by atoms with van der Waals surface area (Å²) < 4.78 is 24.0. The number of hydrogen-bond acceptors (Lipinski definition) is 15. The smallest absolute Gasteiger partial charge is 0.326 e. The van der Waals surface area contributed by atoms with Crippen molar-refractivity contribution in [2.24, 2.45) is 0 Å². The molecule has 0 aliphatic heterocycles. The van der Waals surface area contributed by atoms with E-state index in [0.717, 1.165) is 50.4 Å². The molecule has 0 saturated heterocycles. The zero-order valence-corrected chi connectivity index (χ0v) is 51.5. The highest BCUT2D eigenvalue weighted by atomic mass is 16.5. The standard InChI is InChI=1S/3C23H25N5O/c1-15(2)28-14-25-20-21(24-13-18-9-5-16(3)6-10-18)26-23(27-22(20)28)29-19-11-7-17(4)8-12-19;1-15(2)28-14-25-20-21(24-13-18-10-8-16(3)9-11-18)26-23(27-22(20)28)29-19-7-5-6-17(4)12-19;1-15(2)28-14-25-20-21(24-13-18-11-9-16(3)10-12-18)26-23(27-22(20)28)29-19-8-6-5-7-17(19)4/h3*5-12,14-15H,13H2,1-4H3,(H,24,26,27). The SMILES string of the molecule is Cc1ccc(CNc2nc(Oc3ccc(C)cc3)nc3c2ncn3C(C)C)cc1.Cc1ccc(CNc2nc(Oc3cccc(C)c3)nc3c2ncn3C(C)C)cc1.Cc1ccc(CNc2nc(Oc3ccccc3C)nc3c2ncn3C(C)C)cc1. The second kappa shape index (κ2) is 27.2. The van der Waals surface area contributed by atoms with Gasteiger partial charge in [0, 0.05) is 37.8 Å². The summed E-state index contributed by atoms with van der Waals surface area (Å²) in [5.41, 5.74) is 15.0. The maximum atomic E-state index is 6.03. The molecule has 0 unspecified atom stereocenters. The Labute approximate surface area is 508 Å². The molecule has 0 bridgehead atoms. The van der Waals surface area contributed by atoms with E-state index >= 15 is 0 Å². The maximum absolute atomic E-state index is 6.03. The maximum Gasteiger partial charge on any atom is 0.326 e. The molecule has 6 heterocycles. The van der Waals surface area contributed by atoms with Crippen molar-refractivity contribution in [2.75, 3.05) is 16.0 Å². The fraction of sp³-hybridized carbons (Fsp3) is 0.261. The summed E-state index contributed by atoms with van der Waals surface area (Å²) >= 11 is 0. The van der Waals surface area contributed by atoms with Crippen molar-refractivity contribution < 1.29 is 14.2 Å². The van der Waals surface area contributed by atoms with Gasteiger partial charge < -0.3 is 43.9 Å². The van der Waals surface area contributed by atoms with Gasteiger partial charge in [0.1, 0.15) is 17.2 Å². The Hall–Kier alpha value is -10.2. The first-order valence-electron chi connectivity index (χ1n) is 29.3. The topological polar surface area (TPSA) is 195 Å². The van der Waals surface area contributed by atoms with Crippen LogP contribution in [0.3, 0.4) is 0 Å². The molecule has 0 aliphatic carbocycles. The molecule has 0 amide bonds. The first-order valence-corrected chi connectivity index (χ1v) is 29.3. The summed E-state index contributed by atoms with van der Waals surface area (Å²) in [6, 6.07) is 50.4. The number of fused-ring (bicyclic) bond motifs is 3. The van der Waals surface area contributed by atoms with Gasteiger partial charge in [-0.05, 0) is 141 Å². The molecular weight excluding hydrogens is 1090 g/mol. The van der Waals surface area contributed by atoms with Crippen LogP contribution in [0, 0.1) is 41.5 Å². The van der Waals surface area contributed by atoms with Gasteiger partial charge in [-0.15, -0.1) is 0 Å². The third-order valence-corrected chi connectivity index (χ3v) is 14.3. The molecule has 0 atom stereocenters. The zero-order chi connectivity index (χ0) is 61.1. The molecular formula is C69H75N15O3. The average molecular weight is 1160 g/mol. The second-order valence-electron chi connectivity index (χ2n) is 22.5. The minimum Gasteiger partial charge on any atom is -0.424 e. The van der Waals surface area contributed by atoms with Crippen LogP contribution in [0.25, 0.3) is 33.5 Å². The number of anilines is 3. The predicted octanol–water partition coefficient (Wildman–Crippen LogP) is 16.3. The van der Waals surface area contributed by atoms with Gasteiger partial charge in [-0.25, -0.2) is 15.0 Å². The highest BCUT2D eigenvalue weighted by molar-refractivity contribution is 5.85. The van der Waals surface area contributed by atoms with E-state index in [1.807, 2.05) is 107 Å². The Balaban J connectivity index is 0.000000144. The first-order chi connectivity index (χ1) is 42.0. The van der Waals surface area contributed by atoms with E-state index in [2.05, 4.69) is 196 Å². The number of aryl methyl sites for hydroxylation is 6. The van der Waals surface area contributed by atoms with Gasteiger partial charge in [0.05, 0.1) is 19.0 Å². The Kier molecular flexibility index (Phi) is 18.7. The van der Waals surface area contributed by atoms with E-state index in [1.165, 1.54) is 38.9 Å². The van der Waals surface area contributed by atoms with Crippen LogP contribution in [0.5, 0.6) is 35.3 Å². The highest BCUT2D eigenvalue weighted by Crippen LogP contribution is 2.32. The van der Waals surface area contributed by atoms with Crippen LogP contribution in [0.15, 0.2) is 165 Å². The lowest BCUT2D eigenvalue weighted by atomic mass is 10.1. The van der Waals surface area contributed by atoms with Crippen molar-refractivity contribution in [3.05, 3.63) is 215 Å². The van der Waals surface area contributed by atoms with Crippen molar-refractivity contribution >= 4 is 50.9 Å². The van der Waals surface area contributed by atoms with Gasteiger partial charge in [-0.2, -0.15) is 29.9 Å². The lowest BCUT2D eigenvalue weighted by Gasteiger charge is -2.12. The predicted molar refractivity (Wildman–Crippen MR) is 346 cm³/mol. The summed E-state index contributed by atoms with van der Waals surface area (Å²) in [7, 11) is 0. The molecule has 6 aromatic heterocycles.